The third-order valence-corrected chi connectivity index (χ3v) is 4.61. The highest BCUT2D eigenvalue weighted by molar-refractivity contribution is 7.80. The minimum Gasteiger partial charge on any atom is -0.347 e. The van der Waals surface area contributed by atoms with Gasteiger partial charge in [0, 0.05) is 38.8 Å². The molecule has 0 radical (unpaired) electrons. The summed E-state index contributed by atoms with van der Waals surface area (Å²) in [6.45, 7) is 7.09. The summed E-state index contributed by atoms with van der Waals surface area (Å²) < 4.78 is 0. The molecule has 0 saturated carbocycles. The van der Waals surface area contributed by atoms with Gasteiger partial charge in [0.15, 0.2) is 5.11 Å². The van der Waals surface area contributed by atoms with Gasteiger partial charge >= 0.3 is 0 Å². The van der Waals surface area contributed by atoms with Gasteiger partial charge in [-0.25, -0.2) is 0 Å². The van der Waals surface area contributed by atoms with Crippen LogP contribution in [0.1, 0.15) is 38.7 Å². The van der Waals surface area contributed by atoms with Crippen LogP contribution in [0.15, 0.2) is 24.3 Å². The molecule has 2 rings (SSSR count). The Balaban J connectivity index is 1.87. The van der Waals surface area contributed by atoms with E-state index in [1.807, 2.05) is 4.90 Å². The molecule has 0 unspecified atom stereocenters. The molecule has 23 heavy (non-hydrogen) atoms. The summed E-state index contributed by atoms with van der Waals surface area (Å²) in [5.41, 5.74) is 2.40. The van der Waals surface area contributed by atoms with Gasteiger partial charge < -0.3 is 15.1 Å². The fraction of sp³-hybridized carbons (Fsp3) is 0.556. The Kier molecular flexibility index (Phi) is 6.84. The molecule has 1 aromatic rings. The van der Waals surface area contributed by atoms with Crippen LogP contribution in [-0.4, -0.2) is 47.0 Å². The lowest BCUT2D eigenvalue weighted by Gasteiger charge is -2.24. The molecule has 0 bridgehead atoms. The second-order valence-corrected chi connectivity index (χ2v) is 6.46. The number of carbonyl (C=O) groups is 1. The summed E-state index contributed by atoms with van der Waals surface area (Å²) in [6.07, 6.45) is 4.54. The number of thiocarbonyl (C=S) groups is 1. The van der Waals surface area contributed by atoms with Crippen molar-refractivity contribution in [3.05, 3.63) is 29.8 Å². The molecule has 0 spiro atoms. The molecule has 1 amide bonds. The smallest absolute Gasteiger partial charge is 0.219 e. The minimum absolute atomic E-state index is 0.147. The summed E-state index contributed by atoms with van der Waals surface area (Å²) in [4.78, 5) is 15.5. The molecule has 1 aromatic carbocycles. The van der Waals surface area contributed by atoms with E-state index < -0.39 is 0 Å². The minimum atomic E-state index is 0.147. The standard InChI is InChI=1S/C18H27N3OS/c1-3-4-6-16-7-9-17(10-8-16)19-18(23)21-12-5-11-20(13-14-21)15(2)22/h7-10H,3-6,11-14H2,1-2H3,(H,19,23). The van der Waals surface area contributed by atoms with Gasteiger partial charge in [0.1, 0.15) is 0 Å². The van der Waals surface area contributed by atoms with Crippen LogP contribution in [0.2, 0.25) is 0 Å². The van der Waals surface area contributed by atoms with Gasteiger partial charge in [-0.2, -0.15) is 0 Å². The Morgan fingerprint density at radius 3 is 2.43 bits per heavy atom. The first kappa shape index (κ1) is 17.7. The molecule has 4 nitrogen and oxygen atoms in total. The van der Waals surface area contributed by atoms with Gasteiger partial charge in [-0.3, -0.25) is 4.79 Å². The van der Waals surface area contributed by atoms with Crippen molar-refractivity contribution in [1.29, 1.82) is 0 Å². The van der Waals surface area contributed by atoms with Crippen molar-refractivity contribution in [3.63, 3.8) is 0 Å². The van der Waals surface area contributed by atoms with Crippen molar-refractivity contribution in [2.24, 2.45) is 0 Å². The molecule has 1 aliphatic heterocycles. The molecule has 5 heteroatoms. The number of hydrogen-bond acceptors (Lipinski definition) is 2. The second-order valence-electron chi connectivity index (χ2n) is 6.08. The Bertz CT molecular complexity index is 530. The highest BCUT2D eigenvalue weighted by Crippen LogP contribution is 2.13. The number of nitrogens with zero attached hydrogens (tertiary/aromatic N) is 2. The number of carbonyl (C=O) groups excluding carboxylic acids is 1. The summed E-state index contributed by atoms with van der Waals surface area (Å²) in [7, 11) is 0. The van der Waals surface area contributed by atoms with Crippen LogP contribution < -0.4 is 5.32 Å². The van der Waals surface area contributed by atoms with Crippen LogP contribution in [0.4, 0.5) is 5.69 Å². The van der Waals surface area contributed by atoms with Crippen molar-refractivity contribution >= 4 is 28.9 Å². The van der Waals surface area contributed by atoms with Gasteiger partial charge in [-0.05, 0) is 49.2 Å². The average Bonchev–Trinajstić information content (AvgIpc) is 2.80. The van der Waals surface area contributed by atoms with E-state index in [4.69, 9.17) is 12.2 Å². The van der Waals surface area contributed by atoms with Gasteiger partial charge in [0.2, 0.25) is 5.91 Å². The summed E-state index contributed by atoms with van der Waals surface area (Å²) in [5.74, 6) is 0.147. The van der Waals surface area contributed by atoms with E-state index in [1.54, 1.807) is 6.92 Å². The third kappa shape index (κ3) is 5.50. The maximum absolute atomic E-state index is 11.5. The third-order valence-electron chi connectivity index (χ3n) is 4.25. The Labute approximate surface area is 144 Å². The molecule has 0 aromatic heterocycles. The van der Waals surface area contributed by atoms with E-state index in [0.717, 1.165) is 49.8 Å². The predicted octanol–water partition coefficient (Wildman–Crippen LogP) is 3.28. The van der Waals surface area contributed by atoms with Gasteiger partial charge in [-0.15, -0.1) is 0 Å². The van der Waals surface area contributed by atoms with Gasteiger partial charge in [0.25, 0.3) is 0 Å². The van der Waals surface area contributed by atoms with Crippen molar-refractivity contribution in [3.8, 4) is 0 Å². The topological polar surface area (TPSA) is 35.6 Å². The highest BCUT2D eigenvalue weighted by Gasteiger charge is 2.18. The number of benzene rings is 1. The quantitative estimate of drug-likeness (QED) is 0.858. The molecule has 1 aliphatic rings. The van der Waals surface area contributed by atoms with Crippen molar-refractivity contribution in [1.82, 2.24) is 9.80 Å². The lowest BCUT2D eigenvalue weighted by molar-refractivity contribution is -0.128. The van der Waals surface area contributed by atoms with E-state index >= 15 is 0 Å². The molecular formula is C18H27N3OS. The van der Waals surface area contributed by atoms with Crippen LogP contribution in [0.3, 0.4) is 0 Å². The van der Waals surface area contributed by atoms with Gasteiger partial charge in [0.05, 0.1) is 0 Å². The van der Waals surface area contributed by atoms with Crippen LogP contribution in [0.25, 0.3) is 0 Å². The average molecular weight is 334 g/mol. The number of rotatable bonds is 4. The fourth-order valence-corrected chi connectivity index (χ4v) is 3.07. The van der Waals surface area contributed by atoms with Crippen LogP contribution in [0, 0.1) is 0 Å². The summed E-state index contributed by atoms with van der Waals surface area (Å²) in [5, 5.41) is 4.07. The molecule has 1 heterocycles. The number of hydrogen-bond donors (Lipinski definition) is 1. The van der Waals surface area contributed by atoms with Crippen LogP contribution >= 0.6 is 12.2 Å². The van der Waals surface area contributed by atoms with E-state index in [9.17, 15) is 4.79 Å². The monoisotopic (exact) mass is 333 g/mol. The first-order valence-electron chi connectivity index (χ1n) is 8.50. The zero-order chi connectivity index (χ0) is 16.7. The number of unbranched alkanes of at least 4 members (excludes halogenated alkanes) is 1. The number of anilines is 1. The van der Waals surface area contributed by atoms with Crippen LogP contribution in [0.5, 0.6) is 0 Å². The summed E-state index contributed by atoms with van der Waals surface area (Å²) >= 11 is 5.53. The Hall–Kier alpha value is -1.62. The maximum atomic E-state index is 11.5. The zero-order valence-electron chi connectivity index (χ0n) is 14.2. The van der Waals surface area contributed by atoms with Crippen molar-refractivity contribution < 1.29 is 4.79 Å². The maximum Gasteiger partial charge on any atom is 0.219 e. The van der Waals surface area contributed by atoms with E-state index in [1.165, 1.54) is 18.4 Å². The SMILES string of the molecule is CCCCc1ccc(NC(=S)N2CCCN(C(C)=O)CC2)cc1. The van der Waals surface area contributed by atoms with Crippen molar-refractivity contribution in [2.45, 2.75) is 39.5 Å². The Morgan fingerprint density at radius 1 is 1.13 bits per heavy atom. The van der Waals surface area contributed by atoms with E-state index in [-0.39, 0.29) is 5.91 Å². The number of amides is 1. The fourth-order valence-electron chi connectivity index (χ4n) is 2.77. The predicted molar refractivity (Wildman–Crippen MR) is 99.7 cm³/mol. The molecule has 1 N–H and O–H groups in total. The molecular weight excluding hydrogens is 306 g/mol. The zero-order valence-corrected chi connectivity index (χ0v) is 15.0. The van der Waals surface area contributed by atoms with E-state index in [0.29, 0.717) is 0 Å². The lowest BCUT2D eigenvalue weighted by atomic mass is 10.1. The highest BCUT2D eigenvalue weighted by atomic mass is 32.1. The first-order valence-corrected chi connectivity index (χ1v) is 8.91. The second kappa shape index (κ2) is 8.87. The van der Waals surface area contributed by atoms with Crippen LogP contribution in [-0.2, 0) is 11.2 Å². The number of nitrogens with one attached hydrogen (secondary N) is 1. The molecule has 1 saturated heterocycles. The molecule has 126 valence electrons. The molecule has 1 fully saturated rings. The molecule has 0 aliphatic carbocycles. The van der Waals surface area contributed by atoms with Gasteiger partial charge in [-0.1, -0.05) is 25.5 Å². The number of aryl methyl sites for hydroxylation is 1. The normalized spacial score (nSPS) is 15.2. The molecule has 0 atom stereocenters. The largest absolute Gasteiger partial charge is 0.347 e. The van der Waals surface area contributed by atoms with E-state index in [2.05, 4.69) is 41.4 Å². The lowest BCUT2D eigenvalue weighted by Crippen LogP contribution is -2.38. The first-order chi connectivity index (χ1) is 11.1. The van der Waals surface area contributed by atoms with Crippen molar-refractivity contribution in [2.75, 3.05) is 31.5 Å². The summed E-state index contributed by atoms with van der Waals surface area (Å²) in [6, 6.07) is 8.52. The Morgan fingerprint density at radius 2 is 1.78 bits per heavy atom.